The van der Waals surface area contributed by atoms with Gasteiger partial charge < -0.3 is 5.32 Å². The van der Waals surface area contributed by atoms with Gasteiger partial charge in [-0.15, -0.1) is 0 Å². The summed E-state index contributed by atoms with van der Waals surface area (Å²) in [5, 5.41) is 3.68. The average Bonchev–Trinajstić information content (AvgIpc) is 2.63. The van der Waals surface area contributed by atoms with Gasteiger partial charge >= 0.3 is 0 Å². The molecule has 0 bridgehead atoms. The van der Waals surface area contributed by atoms with Crippen LogP contribution in [0.2, 0.25) is 0 Å². The van der Waals surface area contributed by atoms with Crippen LogP contribution in [0.3, 0.4) is 0 Å². The molecule has 1 heterocycles. The van der Waals surface area contributed by atoms with Gasteiger partial charge in [-0.2, -0.15) is 0 Å². The monoisotopic (exact) mass is 224 g/mol. The van der Waals surface area contributed by atoms with Gasteiger partial charge in [0.1, 0.15) is 0 Å². The highest BCUT2D eigenvalue weighted by molar-refractivity contribution is 4.92. The third kappa shape index (κ3) is 2.78. The van der Waals surface area contributed by atoms with E-state index >= 15 is 0 Å². The fourth-order valence-corrected chi connectivity index (χ4v) is 3.46. The highest BCUT2D eigenvalue weighted by Crippen LogP contribution is 2.35. The predicted octanol–water partition coefficient (Wildman–Crippen LogP) is 2.78. The molecular weight excluding hydrogens is 196 g/mol. The first-order valence-electron chi connectivity index (χ1n) is 7.11. The van der Waals surface area contributed by atoms with Crippen molar-refractivity contribution in [1.29, 1.82) is 0 Å². The Kier molecular flexibility index (Phi) is 3.91. The minimum Gasteiger partial charge on any atom is -0.312 e. The fraction of sp³-hybridized carbons (Fsp3) is 1.00. The van der Waals surface area contributed by atoms with Crippen molar-refractivity contribution < 1.29 is 0 Å². The van der Waals surface area contributed by atoms with Crippen LogP contribution in [0.4, 0.5) is 0 Å². The van der Waals surface area contributed by atoms with Crippen LogP contribution in [0.15, 0.2) is 0 Å². The lowest BCUT2D eigenvalue weighted by Gasteiger charge is -2.41. The Labute approximate surface area is 101 Å². The maximum Gasteiger partial charge on any atom is 0.0181 e. The molecule has 2 atom stereocenters. The molecule has 2 rings (SSSR count). The zero-order valence-corrected chi connectivity index (χ0v) is 11.3. The van der Waals surface area contributed by atoms with Crippen molar-refractivity contribution in [2.45, 2.75) is 76.9 Å². The standard InChI is InChI=1S/C14H28N2/c1-12-6-10-16(11-7-13(2)15-12)14(3)8-4-5-9-14/h12-13,15H,4-11H2,1-3H3. The number of hydrogen-bond acceptors (Lipinski definition) is 2. The Morgan fingerprint density at radius 2 is 1.50 bits per heavy atom. The third-order valence-corrected chi connectivity index (χ3v) is 4.68. The van der Waals surface area contributed by atoms with E-state index in [9.17, 15) is 0 Å². The largest absolute Gasteiger partial charge is 0.312 e. The van der Waals surface area contributed by atoms with Crippen LogP contribution in [-0.4, -0.2) is 35.6 Å². The molecule has 2 unspecified atom stereocenters. The number of nitrogens with one attached hydrogen (secondary N) is 1. The molecule has 1 aliphatic heterocycles. The Balaban J connectivity index is 1.97. The Morgan fingerprint density at radius 1 is 1.00 bits per heavy atom. The quantitative estimate of drug-likeness (QED) is 0.737. The van der Waals surface area contributed by atoms with Gasteiger partial charge in [0, 0.05) is 30.7 Å². The molecule has 2 fully saturated rings. The number of rotatable bonds is 1. The van der Waals surface area contributed by atoms with Gasteiger partial charge in [-0.05, 0) is 46.5 Å². The molecule has 0 amide bonds. The maximum atomic E-state index is 3.68. The van der Waals surface area contributed by atoms with Crippen molar-refractivity contribution in [3.63, 3.8) is 0 Å². The van der Waals surface area contributed by atoms with Gasteiger partial charge in [-0.1, -0.05) is 12.8 Å². The van der Waals surface area contributed by atoms with Crippen molar-refractivity contribution in [2.24, 2.45) is 0 Å². The van der Waals surface area contributed by atoms with Crippen LogP contribution < -0.4 is 5.32 Å². The summed E-state index contributed by atoms with van der Waals surface area (Å²) in [6.45, 7) is 9.73. The van der Waals surface area contributed by atoms with Gasteiger partial charge in [0.25, 0.3) is 0 Å². The molecule has 0 radical (unpaired) electrons. The number of hydrogen-bond donors (Lipinski definition) is 1. The predicted molar refractivity (Wildman–Crippen MR) is 69.7 cm³/mol. The summed E-state index contributed by atoms with van der Waals surface area (Å²) in [7, 11) is 0. The van der Waals surface area contributed by atoms with Gasteiger partial charge in [0.05, 0.1) is 0 Å². The molecule has 94 valence electrons. The van der Waals surface area contributed by atoms with Crippen LogP contribution >= 0.6 is 0 Å². The average molecular weight is 224 g/mol. The molecule has 1 saturated carbocycles. The van der Waals surface area contributed by atoms with Gasteiger partial charge in [-0.25, -0.2) is 0 Å². The summed E-state index contributed by atoms with van der Waals surface area (Å²) in [6, 6.07) is 1.37. The first-order valence-corrected chi connectivity index (χ1v) is 7.11. The van der Waals surface area contributed by atoms with Crippen molar-refractivity contribution in [2.75, 3.05) is 13.1 Å². The van der Waals surface area contributed by atoms with E-state index in [1.54, 1.807) is 0 Å². The summed E-state index contributed by atoms with van der Waals surface area (Å²) < 4.78 is 0. The normalized spacial score (nSPS) is 36.9. The minimum absolute atomic E-state index is 0.525. The third-order valence-electron chi connectivity index (χ3n) is 4.68. The molecule has 1 saturated heterocycles. The lowest BCUT2D eigenvalue weighted by Crippen LogP contribution is -2.50. The molecule has 0 aromatic carbocycles. The minimum atomic E-state index is 0.525. The molecule has 2 nitrogen and oxygen atoms in total. The van der Waals surface area contributed by atoms with Crippen LogP contribution in [0.5, 0.6) is 0 Å². The smallest absolute Gasteiger partial charge is 0.0181 e. The van der Waals surface area contributed by atoms with E-state index < -0.39 is 0 Å². The SMILES string of the molecule is CC1CCN(C2(C)CCCC2)CCC(C)N1. The first kappa shape index (κ1) is 12.4. The fourth-order valence-electron chi connectivity index (χ4n) is 3.46. The van der Waals surface area contributed by atoms with E-state index in [-0.39, 0.29) is 0 Å². The molecule has 2 heteroatoms. The highest BCUT2D eigenvalue weighted by atomic mass is 15.2. The summed E-state index contributed by atoms with van der Waals surface area (Å²) in [6.07, 6.45) is 8.33. The van der Waals surface area contributed by atoms with E-state index in [1.165, 1.54) is 51.6 Å². The van der Waals surface area contributed by atoms with E-state index in [0.717, 1.165) is 0 Å². The summed E-state index contributed by atoms with van der Waals surface area (Å²) in [5.41, 5.74) is 0.525. The van der Waals surface area contributed by atoms with Crippen molar-refractivity contribution >= 4 is 0 Å². The van der Waals surface area contributed by atoms with Crippen molar-refractivity contribution in [3.8, 4) is 0 Å². The molecule has 0 aromatic rings. The zero-order chi connectivity index (χ0) is 11.6. The van der Waals surface area contributed by atoms with E-state index in [4.69, 9.17) is 0 Å². The lowest BCUT2D eigenvalue weighted by atomic mass is 9.95. The number of nitrogens with zero attached hydrogens (tertiary/aromatic N) is 1. The van der Waals surface area contributed by atoms with E-state index in [0.29, 0.717) is 17.6 Å². The highest BCUT2D eigenvalue weighted by Gasteiger charge is 2.35. The Hall–Kier alpha value is -0.0800. The lowest BCUT2D eigenvalue weighted by molar-refractivity contribution is 0.0888. The topological polar surface area (TPSA) is 15.3 Å². The molecule has 16 heavy (non-hydrogen) atoms. The van der Waals surface area contributed by atoms with Gasteiger partial charge in [0.2, 0.25) is 0 Å². The van der Waals surface area contributed by atoms with Crippen LogP contribution in [0, 0.1) is 0 Å². The maximum absolute atomic E-state index is 3.68. The van der Waals surface area contributed by atoms with Gasteiger partial charge in [0.15, 0.2) is 0 Å². The summed E-state index contributed by atoms with van der Waals surface area (Å²) >= 11 is 0. The summed E-state index contributed by atoms with van der Waals surface area (Å²) in [4.78, 5) is 2.79. The van der Waals surface area contributed by atoms with E-state index in [1.807, 2.05) is 0 Å². The second-order valence-corrected chi connectivity index (χ2v) is 6.24. The first-order chi connectivity index (χ1) is 7.60. The zero-order valence-electron chi connectivity index (χ0n) is 11.3. The van der Waals surface area contributed by atoms with Crippen LogP contribution in [0.25, 0.3) is 0 Å². The Bertz CT molecular complexity index is 209. The molecule has 0 spiro atoms. The summed E-state index contributed by atoms with van der Waals surface area (Å²) in [5.74, 6) is 0. The second kappa shape index (κ2) is 5.05. The molecule has 0 aromatic heterocycles. The molecule has 1 N–H and O–H groups in total. The Morgan fingerprint density at radius 3 is 2.00 bits per heavy atom. The van der Waals surface area contributed by atoms with E-state index in [2.05, 4.69) is 31.0 Å². The van der Waals surface area contributed by atoms with Crippen molar-refractivity contribution in [1.82, 2.24) is 10.2 Å². The molecule has 2 aliphatic rings. The van der Waals surface area contributed by atoms with Crippen molar-refractivity contribution in [3.05, 3.63) is 0 Å². The second-order valence-electron chi connectivity index (χ2n) is 6.24. The molecular formula is C14H28N2. The van der Waals surface area contributed by atoms with Crippen LogP contribution in [-0.2, 0) is 0 Å². The van der Waals surface area contributed by atoms with Gasteiger partial charge in [-0.3, -0.25) is 4.90 Å². The molecule has 1 aliphatic carbocycles. The van der Waals surface area contributed by atoms with Crippen LogP contribution in [0.1, 0.15) is 59.3 Å².